The van der Waals surface area contributed by atoms with Crippen LogP contribution >= 0.6 is 23.4 Å². The maximum atomic E-state index is 6.02. The Labute approximate surface area is 111 Å². The maximum absolute atomic E-state index is 6.02. The van der Waals surface area contributed by atoms with Gasteiger partial charge in [0, 0.05) is 25.2 Å². The molecule has 4 nitrogen and oxygen atoms in total. The van der Waals surface area contributed by atoms with Crippen molar-refractivity contribution in [3.63, 3.8) is 0 Å². The van der Waals surface area contributed by atoms with Crippen LogP contribution in [0, 0.1) is 0 Å². The van der Waals surface area contributed by atoms with Crippen molar-refractivity contribution >= 4 is 29.2 Å². The number of nitrogens with zero attached hydrogens (tertiary/aromatic N) is 3. The second-order valence-corrected chi connectivity index (χ2v) is 5.27. The van der Waals surface area contributed by atoms with E-state index in [0.29, 0.717) is 22.9 Å². The second-order valence-electron chi connectivity index (χ2n) is 4.11. The lowest BCUT2D eigenvalue weighted by atomic mass is 10.0. The van der Waals surface area contributed by atoms with Crippen molar-refractivity contribution in [2.24, 2.45) is 5.73 Å². The molecule has 2 N–H and O–H groups in total. The molecule has 1 aliphatic heterocycles. The van der Waals surface area contributed by atoms with Crippen molar-refractivity contribution in [1.29, 1.82) is 0 Å². The minimum Gasteiger partial charge on any atom is -0.352 e. The van der Waals surface area contributed by atoms with Gasteiger partial charge >= 0.3 is 0 Å². The lowest BCUT2D eigenvalue weighted by Gasteiger charge is -2.36. The SMILES string of the molecule is CSc1nc(Cl)cc(N2CCCC[C@@H]2CN)n1. The van der Waals surface area contributed by atoms with Gasteiger partial charge in [0.25, 0.3) is 0 Å². The van der Waals surface area contributed by atoms with Crippen molar-refractivity contribution < 1.29 is 0 Å². The van der Waals surface area contributed by atoms with E-state index in [1.165, 1.54) is 24.6 Å². The van der Waals surface area contributed by atoms with E-state index in [0.717, 1.165) is 18.8 Å². The van der Waals surface area contributed by atoms with Crippen molar-refractivity contribution in [2.75, 3.05) is 24.2 Å². The number of thioether (sulfide) groups is 1. The molecule has 0 unspecified atom stereocenters. The Bertz CT molecular complexity index is 388. The smallest absolute Gasteiger partial charge is 0.190 e. The summed E-state index contributed by atoms with van der Waals surface area (Å²) in [6, 6.07) is 2.21. The Hall–Kier alpha value is -0.520. The van der Waals surface area contributed by atoms with E-state index < -0.39 is 0 Å². The van der Waals surface area contributed by atoms with Crippen LogP contribution < -0.4 is 10.6 Å². The molecule has 17 heavy (non-hydrogen) atoms. The number of anilines is 1. The average molecular weight is 273 g/mol. The third-order valence-electron chi connectivity index (χ3n) is 3.04. The van der Waals surface area contributed by atoms with Gasteiger partial charge in [0.05, 0.1) is 0 Å². The largest absolute Gasteiger partial charge is 0.352 e. The molecule has 0 aliphatic carbocycles. The Morgan fingerprint density at radius 3 is 3.06 bits per heavy atom. The molecule has 1 aliphatic rings. The molecule has 94 valence electrons. The number of rotatable bonds is 3. The second kappa shape index (κ2) is 5.89. The molecule has 2 rings (SSSR count). The summed E-state index contributed by atoms with van der Waals surface area (Å²) in [5.74, 6) is 0.907. The fraction of sp³-hybridized carbons (Fsp3) is 0.636. The van der Waals surface area contributed by atoms with Crippen LogP contribution in [0.15, 0.2) is 11.2 Å². The third kappa shape index (κ3) is 3.03. The zero-order valence-corrected chi connectivity index (χ0v) is 11.5. The Morgan fingerprint density at radius 1 is 1.53 bits per heavy atom. The highest BCUT2D eigenvalue weighted by Crippen LogP contribution is 2.26. The van der Waals surface area contributed by atoms with Gasteiger partial charge in [0.15, 0.2) is 5.16 Å². The summed E-state index contributed by atoms with van der Waals surface area (Å²) < 4.78 is 0. The van der Waals surface area contributed by atoms with Gasteiger partial charge in [0.1, 0.15) is 11.0 Å². The maximum Gasteiger partial charge on any atom is 0.190 e. The minimum absolute atomic E-state index is 0.379. The Balaban J connectivity index is 2.27. The molecule has 2 heterocycles. The fourth-order valence-corrected chi connectivity index (χ4v) is 2.77. The standard InChI is InChI=1S/C11H17ClN4S/c1-17-11-14-9(12)6-10(15-11)16-5-3-2-4-8(16)7-13/h6,8H,2-5,7,13H2,1H3/t8-/m1/s1. The predicted molar refractivity (Wildman–Crippen MR) is 72.9 cm³/mol. The number of hydrogen-bond donors (Lipinski definition) is 1. The van der Waals surface area contributed by atoms with Gasteiger partial charge < -0.3 is 10.6 Å². The highest BCUT2D eigenvalue weighted by molar-refractivity contribution is 7.98. The summed E-state index contributed by atoms with van der Waals surface area (Å²) in [6.45, 7) is 1.67. The lowest BCUT2D eigenvalue weighted by molar-refractivity contribution is 0.461. The summed E-state index contributed by atoms with van der Waals surface area (Å²) in [4.78, 5) is 10.9. The van der Waals surface area contributed by atoms with Crippen LogP contribution in [-0.2, 0) is 0 Å². The van der Waals surface area contributed by atoms with Crippen LogP contribution in [0.3, 0.4) is 0 Å². The fourth-order valence-electron chi connectivity index (χ4n) is 2.17. The predicted octanol–water partition coefficient (Wildman–Crippen LogP) is 2.17. The first kappa shape index (κ1) is 12.9. The molecule has 0 radical (unpaired) electrons. The first-order chi connectivity index (χ1) is 8.24. The quantitative estimate of drug-likeness (QED) is 0.519. The monoisotopic (exact) mass is 272 g/mol. The van der Waals surface area contributed by atoms with E-state index in [1.54, 1.807) is 0 Å². The highest BCUT2D eigenvalue weighted by Gasteiger charge is 2.23. The molecule has 6 heteroatoms. The molecule has 0 aromatic carbocycles. The average Bonchev–Trinajstić information content (AvgIpc) is 2.37. The molecular formula is C11H17ClN4S. The topological polar surface area (TPSA) is 55.0 Å². The van der Waals surface area contributed by atoms with Gasteiger partial charge in [-0.2, -0.15) is 0 Å². The molecule has 0 spiro atoms. The van der Waals surface area contributed by atoms with E-state index in [4.69, 9.17) is 17.3 Å². The minimum atomic E-state index is 0.379. The summed E-state index contributed by atoms with van der Waals surface area (Å²) >= 11 is 7.52. The molecule has 1 fully saturated rings. The van der Waals surface area contributed by atoms with Crippen LogP contribution in [0.2, 0.25) is 5.15 Å². The van der Waals surface area contributed by atoms with Gasteiger partial charge in [0.2, 0.25) is 0 Å². The number of piperidine rings is 1. The molecule has 1 saturated heterocycles. The summed E-state index contributed by atoms with van der Waals surface area (Å²) in [5.41, 5.74) is 5.82. The lowest BCUT2D eigenvalue weighted by Crippen LogP contribution is -2.44. The van der Waals surface area contributed by atoms with E-state index >= 15 is 0 Å². The van der Waals surface area contributed by atoms with E-state index in [2.05, 4.69) is 14.9 Å². The zero-order chi connectivity index (χ0) is 12.3. The molecule has 0 amide bonds. The Morgan fingerprint density at radius 2 is 2.35 bits per heavy atom. The molecule has 0 saturated carbocycles. The van der Waals surface area contributed by atoms with E-state index in [9.17, 15) is 0 Å². The zero-order valence-electron chi connectivity index (χ0n) is 9.90. The van der Waals surface area contributed by atoms with Gasteiger partial charge in [-0.1, -0.05) is 23.4 Å². The molecular weight excluding hydrogens is 256 g/mol. The van der Waals surface area contributed by atoms with Crippen molar-refractivity contribution in [3.8, 4) is 0 Å². The Kier molecular flexibility index (Phi) is 4.48. The number of aromatic nitrogens is 2. The normalized spacial score (nSPS) is 20.6. The van der Waals surface area contributed by atoms with Crippen LogP contribution in [0.1, 0.15) is 19.3 Å². The first-order valence-electron chi connectivity index (χ1n) is 5.80. The molecule has 1 aromatic heterocycles. The number of halogens is 1. The molecule has 1 atom stereocenters. The van der Waals surface area contributed by atoms with Gasteiger partial charge in [-0.05, 0) is 25.5 Å². The van der Waals surface area contributed by atoms with Crippen molar-refractivity contribution in [3.05, 3.63) is 11.2 Å². The number of nitrogens with two attached hydrogens (primary N) is 1. The summed E-state index contributed by atoms with van der Waals surface area (Å²) in [5, 5.41) is 1.22. The number of hydrogen-bond acceptors (Lipinski definition) is 5. The van der Waals surface area contributed by atoms with E-state index in [-0.39, 0.29) is 0 Å². The first-order valence-corrected chi connectivity index (χ1v) is 7.40. The van der Waals surface area contributed by atoms with Gasteiger partial charge in [-0.3, -0.25) is 0 Å². The molecule has 0 bridgehead atoms. The third-order valence-corrected chi connectivity index (χ3v) is 3.78. The van der Waals surface area contributed by atoms with Crippen molar-refractivity contribution in [2.45, 2.75) is 30.5 Å². The van der Waals surface area contributed by atoms with Crippen LogP contribution in [-0.4, -0.2) is 35.4 Å². The van der Waals surface area contributed by atoms with E-state index in [1.807, 2.05) is 12.3 Å². The highest BCUT2D eigenvalue weighted by atomic mass is 35.5. The van der Waals surface area contributed by atoms with Crippen LogP contribution in [0.5, 0.6) is 0 Å². The molecule has 1 aromatic rings. The van der Waals surface area contributed by atoms with Gasteiger partial charge in [-0.25, -0.2) is 9.97 Å². The van der Waals surface area contributed by atoms with Crippen molar-refractivity contribution in [1.82, 2.24) is 9.97 Å². The summed E-state index contributed by atoms with van der Waals surface area (Å²) in [7, 11) is 0. The van der Waals surface area contributed by atoms with Gasteiger partial charge in [-0.15, -0.1) is 0 Å². The van der Waals surface area contributed by atoms with Crippen LogP contribution in [0.25, 0.3) is 0 Å². The van der Waals surface area contributed by atoms with Crippen LogP contribution in [0.4, 0.5) is 5.82 Å². The summed E-state index contributed by atoms with van der Waals surface area (Å²) in [6.07, 6.45) is 5.51.